The van der Waals surface area contributed by atoms with Crippen LogP contribution >= 0.6 is 0 Å². The Balaban J connectivity index is 1.94. The van der Waals surface area contributed by atoms with Gasteiger partial charge in [0, 0.05) is 19.2 Å². The Morgan fingerprint density at radius 3 is 2.72 bits per heavy atom. The number of para-hydroxylation sites is 1. The van der Waals surface area contributed by atoms with Crippen molar-refractivity contribution in [1.29, 1.82) is 0 Å². The van der Waals surface area contributed by atoms with Crippen molar-refractivity contribution in [1.82, 2.24) is 4.90 Å². The van der Waals surface area contributed by atoms with E-state index in [-0.39, 0.29) is 24.3 Å². The van der Waals surface area contributed by atoms with Gasteiger partial charge in [0.15, 0.2) is 0 Å². The van der Waals surface area contributed by atoms with E-state index in [1.165, 1.54) is 25.3 Å². The van der Waals surface area contributed by atoms with Crippen LogP contribution in [0.2, 0.25) is 0 Å². The number of hydrogen-bond acceptors (Lipinski definition) is 4. The van der Waals surface area contributed by atoms with Crippen LogP contribution in [0.3, 0.4) is 0 Å². The highest BCUT2D eigenvalue weighted by molar-refractivity contribution is 5.98. The quantitative estimate of drug-likeness (QED) is 0.613. The number of amides is 1. The molecule has 9 heteroatoms. The first kappa shape index (κ1) is 17.5. The summed E-state index contributed by atoms with van der Waals surface area (Å²) in [6.45, 7) is -0.407. The van der Waals surface area contributed by atoms with E-state index in [9.17, 15) is 28.1 Å². The van der Waals surface area contributed by atoms with Crippen LogP contribution in [0, 0.1) is 21.4 Å². The van der Waals surface area contributed by atoms with Crippen molar-refractivity contribution in [3.8, 4) is 5.75 Å². The van der Waals surface area contributed by atoms with Crippen LogP contribution in [0.15, 0.2) is 18.2 Å². The number of fused-ring (bicyclic) bond motifs is 1. The summed E-state index contributed by atoms with van der Waals surface area (Å²) in [5.41, 5.74) is -2.34. The van der Waals surface area contributed by atoms with Crippen molar-refractivity contribution in [2.75, 3.05) is 20.2 Å². The first-order valence-electron chi connectivity index (χ1n) is 7.88. The number of halogens is 3. The molecule has 2 aliphatic rings. The van der Waals surface area contributed by atoms with E-state index in [0.29, 0.717) is 12.8 Å². The van der Waals surface area contributed by atoms with Gasteiger partial charge in [0.2, 0.25) is 5.75 Å². The summed E-state index contributed by atoms with van der Waals surface area (Å²) in [6, 6.07) is 3.85. The number of nitro benzene ring substituents is 1. The maximum absolute atomic E-state index is 13.6. The minimum Gasteiger partial charge on any atom is -0.490 e. The van der Waals surface area contributed by atoms with Crippen molar-refractivity contribution < 1.29 is 27.6 Å². The predicted molar refractivity (Wildman–Crippen MR) is 81.4 cm³/mol. The molecule has 1 aromatic carbocycles. The molecular weight excluding hydrogens is 341 g/mol. The topological polar surface area (TPSA) is 72.7 Å². The van der Waals surface area contributed by atoms with E-state index in [4.69, 9.17) is 4.74 Å². The highest BCUT2D eigenvalue weighted by Gasteiger charge is 2.65. The van der Waals surface area contributed by atoms with Crippen molar-refractivity contribution >= 4 is 11.6 Å². The molecule has 1 saturated heterocycles. The summed E-state index contributed by atoms with van der Waals surface area (Å²) >= 11 is 0. The molecule has 3 rings (SSSR count). The Morgan fingerprint density at radius 2 is 2.16 bits per heavy atom. The van der Waals surface area contributed by atoms with Gasteiger partial charge in [-0.3, -0.25) is 14.9 Å². The molecule has 1 aromatic rings. The number of hydrogen-bond donors (Lipinski definition) is 0. The molecule has 0 radical (unpaired) electrons. The Bertz CT molecular complexity index is 722. The molecule has 1 heterocycles. The van der Waals surface area contributed by atoms with Gasteiger partial charge in [-0.25, -0.2) is 0 Å². The van der Waals surface area contributed by atoms with Gasteiger partial charge in [-0.15, -0.1) is 0 Å². The van der Waals surface area contributed by atoms with Crippen molar-refractivity contribution in [3.05, 3.63) is 33.9 Å². The third-order valence-electron chi connectivity index (χ3n) is 5.35. The van der Waals surface area contributed by atoms with Crippen molar-refractivity contribution in [3.63, 3.8) is 0 Å². The molecular formula is C16H17F3N2O4. The Hall–Kier alpha value is -2.32. The van der Waals surface area contributed by atoms with Gasteiger partial charge in [-0.2, -0.15) is 13.2 Å². The Kier molecular flexibility index (Phi) is 4.12. The fourth-order valence-electron chi connectivity index (χ4n) is 4.13. The highest BCUT2D eigenvalue weighted by Crippen LogP contribution is 2.57. The minimum atomic E-state index is -4.38. The van der Waals surface area contributed by atoms with E-state index in [0.717, 1.165) is 4.90 Å². The van der Waals surface area contributed by atoms with Crippen LogP contribution < -0.4 is 4.74 Å². The van der Waals surface area contributed by atoms with Crippen molar-refractivity contribution in [2.45, 2.75) is 25.4 Å². The summed E-state index contributed by atoms with van der Waals surface area (Å²) in [5, 5.41) is 11.1. The zero-order valence-corrected chi connectivity index (χ0v) is 13.5. The molecule has 1 amide bonds. The highest BCUT2D eigenvalue weighted by atomic mass is 19.4. The first-order valence-corrected chi connectivity index (χ1v) is 7.88. The lowest BCUT2D eigenvalue weighted by Crippen LogP contribution is -2.42. The van der Waals surface area contributed by atoms with E-state index >= 15 is 0 Å². The molecule has 0 aromatic heterocycles. The van der Waals surface area contributed by atoms with Crippen LogP contribution in [-0.4, -0.2) is 42.1 Å². The molecule has 0 spiro atoms. The molecule has 136 valence electrons. The summed E-state index contributed by atoms with van der Waals surface area (Å²) < 4.78 is 45.8. The summed E-state index contributed by atoms with van der Waals surface area (Å²) in [7, 11) is 1.19. The molecule has 25 heavy (non-hydrogen) atoms. The number of benzene rings is 1. The van der Waals surface area contributed by atoms with E-state index in [1.807, 2.05) is 0 Å². The molecule has 2 fully saturated rings. The summed E-state index contributed by atoms with van der Waals surface area (Å²) in [4.78, 5) is 24.3. The molecule has 0 unspecified atom stereocenters. The van der Waals surface area contributed by atoms with Gasteiger partial charge in [-0.05, 0) is 24.8 Å². The number of ether oxygens (including phenoxy) is 1. The van der Waals surface area contributed by atoms with Gasteiger partial charge in [0.25, 0.3) is 5.91 Å². The molecule has 1 aliphatic carbocycles. The number of alkyl halides is 3. The SMILES string of the molecule is COc1c(C(=O)N2C[C@@H]3CCC[C@]3(C(F)(F)F)C2)cccc1[N+](=O)[O-]. The maximum Gasteiger partial charge on any atom is 0.396 e. The first-order chi connectivity index (χ1) is 11.7. The number of carbonyl (C=O) groups is 1. The predicted octanol–water partition coefficient (Wildman–Crippen LogP) is 3.41. The van der Waals surface area contributed by atoms with E-state index < -0.39 is 40.6 Å². The molecule has 1 saturated carbocycles. The number of methoxy groups -OCH3 is 1. The maximum atomic E-state index is 13.6. The number of likely N-dealkylation sites (tertiary alicyclic amines) is 1. The van der Waals surface area contributed by atoms with Crippen LogP contribution in [-0.2, 0) is 0 Å². The lowest BCUT2D eigenvalue weighted by atomic mass is 9.80. The summed E-state index contributed by atoms with van der Waals surface area (Å²) in [5.74, 6) is -1.52. The van der Waals surface area contributed by atoms with Crippen LogP contribution in [0.5, 0.6) is 5.75 Å². The zero-order chi connectivity index (χ0) is 18.4. The number of nitro groups is 1. The lowest BCUT2D eigenvalue weighted by Gasteiger charge is -2.31. The molecule has 0 bridgehead atoms. The third kappa shape index (κ3) is 2.61. The molecule has 1 aliphatic heterocycles. The van der Waals surface area contributed by atoms with Crippen LogP contribution in [0.4, 0.5) is 18.9 Å². The number of rotatable bonds is 3. The second kappa shape index (κ2) is 5.89. The Labute approximate surface area is 141 Å². The van der Waals surface area contributed by atoms with E-state index in [2.05, 4.69) is 0 Å². The second-order valence-corrected chi connectivity index (χ2v) is 6.54. The average molecular weight is 358 g/mol. The number of nitrogens with zero attached hydrogens (tertiary/aromatic N) is 2. The van der Waals surface area contributed by atoms with E-state index in [1.54, 1.807) is 0 Å². The van der Waals surface area contributed by atoms with Crippen molar-refractivity contribution in [2.24, 2.45) is 11.3 Å². The van der Waals surface area contributed by atoms with Crippen LogP contribution in [0.1, 0.15) is 29.6 Å². The van der Waals surface area contributed by atoms with Crippen LogP contribution in [0.25, 0.3) is 0 Å². The largest absolute Gasteiger partial charge is 0.490 e. The Morgan fingerprint density at radius 1 is 1.44 bits per heavy atom. The smallest absolute Gasteiger partial charge is 0.396 e. The zero-order valence-electron chi connectivity index (χ0n) is 13.5. The minimum absolute atomic E-state index is 0.00416. The van der Waals surface area contributed by atoms with Gasteiger partial charge in [-0.1, -0.05) is 12.5 Å². The van der Waals surface area contributed by atoms with Gasteiger partial charge < -0.3 is 9.64 Å². The second-order valence-electron chi connectivity index (χ2n) is 6.54. The standard InChI is InChI=1S/C16H17F3N2O4/c1-25-13-11(5-2-6-12(13)21(23)24)14(22)20-8-10-4-3-7-15(10,9-20)16(17,18)19/h2,5-6,10H,3-4,7-9H2,1H3/t10-,15-/m0/s1. The average Bonchev–Trinajstić information content (AvgIpc) is 3.11. The molecule has 0 N–H and O–H groups in total. The fourth-order valence-corrected chi connectivity index (χ4v) is 4.13. The molecule has 6 nitrogen and oxygen atoms in total. The normalized spacial score (nSPS) is 25.8. The number of carbonyl (C=O) groups excluding carboxylic acids is 1. The summed E-state index contributed by atoms with van der Waals surface area (Å²) in [6.07, 6.45) is -3.45. The monoisotopic (exact) mass is 358 g/mol. The third-order valence-corrected chi connectivity index (χ3v) is 5.35. The van der Waals surface area contributed by atoms with Gasteiger partial charge in [0.1, 0.15) is 0 Å². The lowest BCUT2D eigenvalue weighted by molar-refractivity contribution is -0.385. The van der Waals surface area contributed by atoms with Gasteiger partial charge in [0.05, 0.1) is 23.0 Å². The fraction of sp³-hybridized carbons (Fsp3) is 0.562. The molecule has 2 atom stereocenters. The van der Waals surface area contributed by atoms with Gasteiger partial charge >= 0.3 is 11.9 Å².